The minimum absolute atomic E-state index is 0.887. The maximum atomic E-state index is 4.13. The zero-order valence-electron chi connectivity index (χ0n) is 11.3. The van der Waals surface area contributed by atoms with Crippen LogP contribution in [0.1, 0.15) is 11.1 Å². The number of hydrogen-bond donors (Lipinski definition) is 1. The number of nitrogens with zero attached hydrogens (tertiary/aromatic N) is 2. The normalized spacial score (nSPS) is 10.8. The number of fused-ring (bicyclic) bond motifs is 1. The van der Waals surface area contributed by atoms with Gasteiger partial charge >= 0.3 is 0 Å². The lowest BCUT2D eigenvalue weighted by Gasteiger charge is -2.06. The highest BCUT2D eigenvalue weighted by Gasteiger charge is 1.97. The zero-order chi connectivity index (χ0) is 13.6. The van der Waals surface area contributed by atoms with Gasteiger partial charge < -0.3 is 5.32 Å². The molecule has 1 aromatic carbocycles. The van der Waals surface area contributed by atoms with Crippen molar-refractivity contribution in [3.8, 4) is 0 Å². The average Bonchev–Trinajstić information content (AvgIpc) is 2.52. The Hall–Kier alpha value is -2.26. The molecule has 0 unspecified atom stereocenters. The molecule has 3 rings (SSSR count). The van der Waals surface area contributed by atoms with Crippen molar-refractivity contribution < 1.29 is 0 Å². The molecule has 3 nitrogen and oxygen atoms in total. The second-order valence-electron chi connectivity index (χ2n) is 4.85. The third kappa shape index (κ3) is 3.19. The molecule has 0 aliphatic rings. The number of pyridine rings is 2. The average molecular weight is 263 g/mol. The molecular formula is C17H17N3. The molecule has 2 aromatic heterocycles. The Labute approximate surface area is 118 Å². The highest BCUT2D eigenvalue weighted by molar-refractivity contribution is 5.81. The van der Waals surface area contributed by atoms with E-state index in [1.807, 2.05) is 24.7 Å². The smallest absolute Gasteiger partial charge is 0.0346 e. The van der Waals surface area contributed by atoms with E-state index in [1.165, 1.54) is 21.9 Å². The fourth-order valence-corrected chi connectivity index (χ4v) is 2.25. The van der Waals surface area contributed by atoms with Crippen molar-refractivity contribution in [2.45, 2.75) is 13.0 Å². The van der Waals surface area contributed by atoms with Gasteiger partial charge in [0.1, 0.15) is 0 Å². The van der Waals surface area contributed by atoms with Gasteiger partial charge in [0, 0.05) is 36.7 Å². The van der Waals surface area contributed by atoms with Gasteiger partial charge in [-0.2, -0.15) is 0 Å². The van der Waals surface area contributed by atoms with Crippen LogP contribution < -0.4 is 5.32 Å². The molecule has 3 aromatic rings. The summed E-state index contributed by atoms with van der Waals surface area (Å²) in [6.45, 7) is 1.85. The highest BCUT2D eigenvalue weighted by Crippen LogP contribution is 2.14. The zero-order valence-corrected chi connectivity index (χ0v) is 11.3. The Bertz CT molecular complexity index is 680. The van der Waals surface area contributed by atoms with E-state index >= 15 is 0 Å². The Kier molecular flexibility index (Phi) is 3.99. The summed E-state index contributed by atoms with van der Waals surface area (Å²) in [5.41, 5.74) is 2.57. The molecule has 2 heterocycles. The van der Waals surface area contributed by atoms with E-state index < -0.39 is 0 Å². The van der Waals surface area contributed by atoms with Gasteiger partial charge in [0.15, 0.2) is 0 Å². The van der Waals surface area contributed by atoms with Gasteiger partial charge in [0.05, 0.1) is 0 Å². The van der Waals surface area contributed by atoms with Crippen molar-refractivity contribution in [3.05, 3.63) is 72.3 Å². The minimum atomic E-state index is 0.887. The fourth-order valence-electron chi connectivity index (χ4n) is 2.25. The standard InChI is InChI=1S/C17H17N3/c1-2-14(11-18-7-1)5-8-19-12-15-3-4-17-13-20-9-6-16(17)10-15/h1-4,6-7,9-11,13,19H,5,8,12H2. The summed E-state index contributed by atoms with van der Waals surface area (Å²) < 4.78 is 0. The molecule has 3 heteroatoms. The second-order valence-corrected chi connectivity index (χ2v) is 4.85. The molecule has 0 saturated heterocycles. The maximum Gasteiger partial charge on any atom is 0.0346 e. The molecule has 0 fully saturated rings. The van der Waals surface area contributed by atoms with Gasteiger partial charge in [-0.25, -0.2) is 0 Å². The molecule has 0 spiro atoms. The first-order valence-electron chi connectivity index (χ1n) is 6.84. The van der Waals surface area contributed by atoms with Crippen LogP contribution in [0, 0.1) is 0 Å². The van der Waals surface area contributed by atoms with Crippen LogP contribution in [-0.4, -0.2) is 16.5 Å². The van der Waals surface area contributed by atoms with Crippen LogP contribution in [0.4, 0.5) is 0 Å². The number of aromatic nitrogens is 2. The minimum Gasteiger partial charge on any atom is -0.312 e. The van der Waals surface area contributed by atoms with E-state index in [0.29, 0.717) is 0 Å². The first-order valence-corrected chi connectivity index (χ1v) is 6.84. The Balaban J connectivity index is 1.55. The lowest BCUT2D eigenvalue weighted by molar-refractivity contribution is 0.686. The van der Waals surface area contributed by atoms with Crippen LogP contribution in [0.15, 0.2) is 61.2 Å². The molecule has 0 radical (unpaired) electrons. The van der Waals surface area contributed by atoms with Crippen LogP contribution in [-0.2, 0) is 13.0 Å². The van der Waals surface area contributed by atoms with Crippen LogP contribution in [0.5, 0.6) is 0 Å². The molecular weight excluding hydrogens is 246 g/mol. The lowest BCUT2D eigenvalue weighted by Crippen LogP contribution is -2.16. The Morgan fingerprint density at radius 3 is 2.70 bits per heavy atom. The molecule has 100 valence electrons. The molecule has 0 amide bonds. The molecule has 0 saturated carbocycles. The molecule has 0 atom stereocenters. The van der Waals surface area contributed by atoms with Gasteiger partial charge in [-0.15, -0.1) is 0 Å². The quantitative estimate of drug-likeness (QED) is 0.719. The highest BCUT2D eigenvalue weighted by atomic mass is 14.8. The first kappa shape index (κ1) is 12.8. The van der Waals surface area contributed by atoms with Crippen LogP contribution in [0.25, 0.3) is 10.8 Å². The van der Waals surface area contributed by atoms with Crippen molar-refractivity contribution >= 4 is 10.8 Å². The van der Waals surface area contributed by atoms with E-state index in [2.05, 4.69) is 45.6 Å². The summed E-state index contributed by atoms with van der Waals surface area (Å²) in [5, 5.41) is 5.90. The summed E-state index contributed by atoms with van der Waals surface area (Å²) in [6.07, 6.45) is 8.47. The third-order valence-corrected chi connectivity index (χ3v) is 3.35. The summed E-state index contributed by atoms with van der Waals surface area (Å²) in [7, 11) is 0. The van der Waals surface area contributed by atoms with E-state index in [-0.39, 0.29) is 0 Å². The molecule has 0 aliphatic heterocycles. The van der Waals surface area contributed by atoms with E-state index in [0.717, 1.165) is 19.5 Å². The largest absolute Gasteiger partial charge is 0.312 e. The predicted octanol–water partition coefficient (Wildman–Crippen LogP) is 2.96. The van der Waals surface area contributed by atoms with Gasteiger partial charge in [0.25, 0.3) is 0 Å². The SMILES string of the molecule is c1cncc(CCNCc2ccc3cnccc3c2)c1. The fraction of sp³-hybridized carbons (Fsp3) is 0.176. The molecule has 1 N–H and O–H groups in total. The monoisotopic (exact) mass is 263 g/mol. The third-order valence-electron chi connectivity index (χ3n) is 3.35. The van der Waals surface area contributed by atoms with Crippen molar-refractivity contribution in [3.63, 3.8) is 0 Å². The number of rotatable bonds is 5. The summed E-state index contributed by atoms with van der Waals surface area (Å²) >= 11 is 0. The van der Waals surface area contributed by atoms with E-state index in [9.17, 15) is 0 Å². The van der Waals surface area contributed by atoms with E-state index in [4.69, 9.17) is 0 Å². The topological polar surface area (TPSA) is 37.8 Å². The molecule has 20 heavy (non-hydrogen) atoms. The predicted molar refractivity (Wildman–Crippen MR) is 81.4 cm³/mol. The summed E-state index contributed by atoms with van der Waals surface area (Å²) in [4.78, 5) is 8.25. The Morgan fingerprint density at radius 1 is 0.850 bits per heavy atom. The maximum absolute atomic E-state index is 4.13. The number of hydrogen-bond acceptors (Lipinski definition) is 3. The first-order chi connectivity index (χ1) is 9.92. The molecule has 0 bridgehead atoms. The lowest BCUT2D eigenvalue weighted by atomic mass is 10.1. The van der Waals surface area contributed by atoms with Crippen molar-refractivity contribution in [1.29, 1.82) is 0 Å². The van der Waals surface area contributed by atoms with Crippen LogP contribution >= 0.6 is 0 Å². The van der Waals surface area contributed by atoms with Crippen molar-refractivity contribution in [2.75, 3.05) is 6.54 Å². The Morgan fingerprint density at radius 2 is 1.80 bits per heavy atom. The van der Waals surface area contributed by atoms with Gasteiger partial charge in [-0.05, 0) is 47.7 Å². The molecule has 0 aliphatic carbocycles. The summed E-state index contributed by atoms with van der Waals surface area (Å²) in [6, 6.07) is 12.6. The van der Waals surface area contributed by atoms with E-state index in [1.54, 1.807) is 6.20 Å². The second kappa shape index (κ2) is 6.26. The van der Waals surface area contributed by atoms with Crippen LogP contribution in [0.2, 0.25) is 0 Å². The number of nitrogens with one attached hydrogen (secondary N) is 1. The van der Waals surface area contributed by atoms with Crippen molar-refractivity contribution in [2.24, 2.45) is 0 Å². The van der Waals surface area contributed by atoms with Crippen LogP contribution in [0.3, 0.4) is 0 Å². The van der Waals surface area contributed by atoms with Crippen molar-refractivity contribution in [1.82, 2.24) is 15.3 Å². The van der Waals surface area contributed by atoms with Gasteiger partial charge in [-0.1, -0.05) is 18.2 Å². The number of benzene rings is 1. The summed E-state index contributed by atoms with van der Waals surface area (Å²) in [5.74, 6) is 0. The van der Waals surface area contributed by atoms with Gasteiger partial charge in [0.2, 0.25) is 0 Å². The van der Waals surface area contributed by atoms with Gasteiger partial charge in [-0.3, -0.25) is 9.97 Å².